The van der Waals surface area contributed by atoms with Gasteiger partial charge in [-0.2, -0.15) is 0 Å². The molecule has 0 aliphatic carbocycles. The maximum absolute atomic E-state index is 6.90. The van der Waals surface area contributed by atoms with Gasteiger partial charge in [0.05, 0.1) is 28.4 Å². The average molecular weight is 691 g/mol. The molecule has 0 spiro atoms. The van der Waals surface area contributed by atoms with Crippen molar-refractivity contribution in [3.8, 4) is 22.8 Å². The van der Waals surface area contributed by atoms with Crippen LogP contribution in [0.5, 0.6) is 11.5 Å². The minimum Gasteiger partial charge on any atom is -0.457 e. The molecule has 3 heterocycles. The molecule has 9 rings (SSSR count). The van der Waals surface area contributed by atoms with Crippen LogP contribution in [-0.4, -0.2) is 11.7 Å². The summed E-state index contributed by atoms with van der Waals surface area (Å²) in [6.07, 6.45) is 1.87. The maximum atomic E-state index is 6.90. The van der Waals surface area contributed by atoms with Gasteiger partial charge in [-0.15, -0.1) is 0 Å². The van der Waals surface area contributed by atoms with E-state index >= 15 is 0 Å². The van der Waals surface area contributed by atoms with Crippen LogP contribution in [0.15, 0.2) is 152 Å². The topological polar surface area (TPSA) is 31.8 Å². The second kappa shape index (κ2) is 12.7. The third-order valence-electron chi connectivity index (χ3n) is 10.7. The van der Waals surface area contributed by atoms with Crippen molar-refractivity contribution in [2.45, 2.75) is 40.0 Å². The first-order valence-corrected chi connectivity index (χ1v) is 18.3. The molecule has 260 valence electrons. The van der Waals surface area contributed by atoms with E-state index in [0.717, 1.165) is 39.8 Å². The SMILES string of the molecule is Cc1cc(C)c(N2CN(c3cccc(Oc4cc(-c5ccccn5)c5c(c4)N(c4ccccc4)c4ccccc4C5(C)C)c3)c3ccccc32)c(C)c1. The molecule has 6 aromatic carbocycles. The Labute approximate surface area is 312 Å². The summed E-state index contributed by atoms with van der Waals surface area (Å²) in [5.41, 5.74) is 16.1. The molecule has 0 saturated heterocycles. The van der Waals surface area contributed by atoms with Crippen molar-refractivity contribution >= 4 is 39.8 Å². The second-order valence-corrected chi connectivity index (χ2v) is 14.7. The highest BCUT2D eigenvalue weighted by Gasteiger charge is 2.39. The molecule has 0 atom stereocenters. The molecule has 5 heteroatoms. The zero-order valence-corrected chi connectivity index (χ0v) is 30.8. The standard InChI is InChI=1S/C48H42N4O/c1-32-26-33(2)47(34(3)27-32)51-31-50(43-23-11-12-24-44(43)51)36-18-15-19-37(28-36)53-38-29-39(41-21-13-14-25-49-41)46-45(30-38)52(35-16-7-6-8-17-35)42-22-10-9-20-40(42)48(46,4)5/h6-30H,31H2,1-5H3. The Morgan fingerprint density at radius 2 is 1.23 bits per heavy atom. The summed E-state index contributed by atoms with van der Waals surface area (Å²) in [7, 11) is 0. The van der Waals surface area contributed by atoms with Crippen LogP contribution in [-0.2, 0) is 5.41 Å². The van der Waals surface area contributed by atoms with Crippen molar-refractivity contribution in [2.24, 2.45) is 0 Å². The van der Waals surface area contributed by atoms with Crippen molar-refractivity contribution in [2.75, 3.05) is 21.4 Å². The van der Waals surface area contributed by atoms with E-state index < -0.39 is 0 Å². The highest BCUT2D eigenvalue weighted by molar-refractivity contribution is 5.92. The van der Waals surface area contributed by atoms with Crippen LogP contribution >= 0.6 is 0 Å². The molecular formula is C48H42N4O. The van der Waals surface area contributed by atoms with Crippen LogP contribution in [0, 0.1) is 20.8 Å². The van der Waals surface area contributed by atoms with Gasteiger partial charge in [0.2, 0.25) is 0 Å². The van der Waals surface area contributed by atoms with Crippen LogP contribution in [0.1, 0.15) is 41.7 Å². The lowest BCUT2D eigenvalue weighted by Crippen LogP contribution is -2.31. The van der Waals surface area contributed by atoms with Gasteiger partial charge in [0.1, 0.15) is 18.2 Å². The van der Waals surface area contributed by atoms with Gasteiger partial charge >= 0.3 is 0 Å². The normalized spacial score (nSPS) is 14.1. The van der Waals surface area contributed by atoms with E-state index in [0.29, 0.717) is 6.67 Å². The van der Waals surface area contributed by atoms with Crippen molar-refractivity contribution in [3.63, 3.8) is 0 Å². The number of anilines is 7. The van der Waals surface area contributed by atoms with Crippen LogP contribution in [0.3, 0.4) is 0 Å². The van der Waals surface area contributed by atoms with Gasteiger partial charge in [0, 0.05) is 46.4 Å². The largest absolute Gasteiger partial charge is 0.457 e. The summed E-state index contributed by atoms with van der Waals surface area (Å²) in [5.74, 6) is 1.53. The number of benzene rings is 6. The zero-order valence-electron chi connectivity index (χ0n) is 30.8. The number of nitrogens with zero attached hydrogens (tertiary/aromatic N) is 4. The van der Waals surface area contributed by atoms with Gasteiger partial charge in [0.25, 0.3) is 0 Å². The molecule has 5 nitrogen and oxygen atoms in total. The van der Waals surface area contributed by atoms with Gasteiger partial charge in [-0.1, -0.05) is 92.2 Å². The first-order chi connectivity index (χ1) is 25.8. The Morgan fingerprint density at radius 3 is 1.96 bits per heavy atom. The number of rotatable bonds is 6. The molecule has 7 aromatic rings. The van der Waals surface area contributed by atoms with Crippen LogP contribution in [0.4, 0.5) is 39.8 Å². The van der Waals surface area contributed by atoms with Gasteiger partial charge < -0.3 is 19.4 Å². The van der Waals surface area contributed by atoms with Crippen molar-refractivity contribution < 1.29 is 4.74 Å². The minimum absolute atomic E-state index is 0.300. The third-order valence-corrected chi connectivity index (χ3v) is 10.7. The lowest BCUT2D eigenvalue weighted by Gasteiger charge is -2.43. The number of aromatic nitrogens is 1. The molecular weight excluding hydrogens is 649 g/mol. The number of pyridine rings is 1. The summed E-state index contributed by atoms with van der Waals surface area (Å²) in [6.45, 7) is 11.9. The number of para-hydroxylation sites is 4. The van der Waals surface area contributed by atoms with Crippen LogP contribution < -0.4 is 19.4 Å². The monoisotopic (exact) mass is 690 g/mol. The van der Waals surface area contributed by atoms with E-state index in [1.807, 2.05) is 18.3 Å². The van der Waals surface area contributed by atoms with E-state index in [2.05, 4.69) is 183 Å². The van der Waals surface area contributed by atoms with Crippen molar-refractivity contribution in [3.05, 3.63) is 180 Å². The van der Waals surface area contributed by atoms with Crippen LogP contribution in [0.2, 0.25) is 0 Å². The number of fused-ring (bicyclic) bond motifs is 3. The Kier molecular flexibility index (Phi) is 7.81. The molecule has 0 saturated carbocycles. The number of aryl methyl sites for hydroxylation is 3. The van der Waals surface area contributed by atoms with E-state index in [9.17, 15) is 0 Å². The summed E-state index contributed by atoms with van der Waals surface area (Å²) >= 11 is 0. The summed E-state index contributed by atoms with van der Waals surface area (Å²) < 4.78 is 6.90. The van der Waals surface area contributed by atoms with Crippen molar-refractivity contribution in [1.82, 2.24) is 4.98 Å². The lowest BCUT2D eigenvalue weighted by molar-refractivity contribution is 0.482. The first-order valence-electron chi connectivity index (χ1n) is 18.3. The summed E-state index contributed by atoms with van der Waals surface area (Å²) in [4.78, 5) is 12.1. The van der Waals surface area contributed by atoms with E-state index in [4.69, 9.17) is 9.72 Å². The molecule has 0 radical (unpaired) electrons. The molecule has 1 aromatic heterocycles. The average Bonchev–Trinajstić information content (AvgIpc) is 3.54. The lowest BCUT2D eigenvalue weighted by atomic mass is 9.71. The van der Waals surface area contributed by atoms with Gasteiger partial charge in [0.15, 0.2) is 0 Å². The summed E-state index contributed by atoms with van der Waals surface area (Å²) in [6, 6.07) is 51.5. The molecule has 0 amide bonds. The summed E-state index contributed by atoms with van der Waals surface area (Å²) in [5, 5.41) is 0. The Balaban J connectivity index is 1.15. The Bertz CT molecular complexity index is 2470. The molecule has 2 aliphatic rings. The fraction of sp³-hybridized carbons (Fsp3) is 0.146. The fourth-order valence-corrected chi connectivity index (χ4v) is 8.61. The fourth-order valence-electron chi connectivity index (χ4n) is 8.61. The third kappa shape index (κ3) is 5.51. The Morgan fingerprint density at radius 1 is 0.566 bits per heavy atom. The van der Waals surface area contributed by atoms with E-state index in [-0.39, 0.29) is 5.41 Å². The maximum Gasteiger partial charge on any atom is 0.130 e. The van der Waals surface area contributed by atoms with Gasteiger partial charge in [-0.3, -0.25) is 4.98 Å². The van der Waals surface area contributed by atoms with E-state index in [1.165, 1.54) is 50.6 Å². The molecule has 0 bridgehead atoms. The number of hydrogen-bond acceptors (Lipinski definition) is 5. The smallest absolute Gasteiger partial charge is 0.130 e. The highest BCUT2D eigenvalue weighted by Crippen LogP contribution is 2.56. The van der Waals surface area contributed by atoms with Crippen LogP contribution in [0.25, 0.3) is 11.3 Å². The van der Waals surface area contributed by atoms with Crippen molar-refractivity contribution in [1.29, 1.82) is 0 Å². The minimum atomic E-state index is -0.300. The Hall–Kier alpha value is -6.33. The predicted molar refractivity (Wildman–Crippen MR) is 219 cm³/mol. The molecule has 2 aliphatic heterocycles. The van der Waals surface area contributed by atoms with E-state index in [1.54, 1.807) is 0 Å². The predicted octanol–water partition coefficient (Wildman–Crippen LogP) is 12.8. The van der Waals surface area contributed by atoms with Gasteiger partial charge in [-0.05, 0) is 104 Å². The first kappa shape index (κ1) is 32.6. The number of ether oxygens (including phenoxy) is 1. The van der Waals surface area contributed by atoms with Gasteiger partial charge in [-0.25, -0.2) is 0 Å². The molecule has 0 unspecified atom stereocenters. The molecule has 0 N–H and O–H groups in total. The quantitative estimate of drug-likeness (QED) is 0.173. The number of hydrogen-bond donors (Lipinski definition) is 0. The zero-order chi connectivity index (χ0) is 36.3. The second-order valence-electron chi connectivity index (χ2n) is 14.7. The molecule has 53 heavy (non-hydrogen) atoms. The molecule has 0 fully saturated rings. The highest BCUT2D eigenvalue weighted by atomic mass is 16.5.